The van der Waals surface area contributed by atoms with E-state index in [-0.39, 0.29) is 24.3 Å². The minimum absolute atomic E-state index is 0.116. The third-order valence-corrected chi connectivity index (χ3v) is 5.27. The van der Waals surface area contributed by atoms with Crippen molar-refractivity contribution in [1.29, 1.82) is 0 Å². The summed E-state index contributed by atoms with van der Waals surface area (Å²) in [5, 5.41) is 6.80. The van der Waals surface area contributed by atoms with Crippen molar-refractivity contribution in [3.8, 4) is 5.75 Å². The van der Waals surface area contributed by atoms with E-state index in [9.17, 15) is 9.59 Å². The Hall–Kier alpha value is -4.06. The van der Waals surface area contributed by atoms with Crippen LogP contribution in [-0.2, 0) is 11.2 Å². The predicted molar refractivity (Wildman–Crippen MR) is 124 cm³/mol. The fourth-order valence-corrected chi connectivity index (χ4v) is 3.55. The summed E-state index contributed by atoms with van der Waals surface area (Å²) in [6, 6.07) is 21.8. The fraction of sp³-hybridized carbons (Fsp3) is 0.154. The summed E-state index contributed by atoms with van der Waals surface area (Å²) in [7, 11) is 1.60. The van der Waals surface area contributed by atoms with Gasteiger partial charge >= 0.3 is 0 Å². The lowest BCUT2D eigenvalue weighted by atomic mass is 10.1. The van der Waals surface area contributed by atoms with E-state index in [0.29, 0.717) is 22.6 Å². The molecule has 4 aromatic rings. The maximum Gasteiger partial charge on any atom is 0.255 e. The van der Waals surface area contributed by atoms with Crippen LogP contribution in [0.2, 0.25) is 0 Å². The second-order valence-corrected chi connectivity index (χ2v) is 7.53. The van der Waals surface area contributed by atoms with E-state index < -0.39 is 0 Å². The average molecular weight is 428 g/mol. The molecule has 6 heteroatoms. The Morgan fingerprint density at radius 2 is 1.81 bits per heavy atom. The van der Waals surface area contributed by atoms with Crippen molar-refractivity contribution in [3.05, 3.63) is 95.7 Å². The molecule has 2 N–H and O–H groups in total. The minimum atomic E-state index is -0.227. The fourth-order valence-electron chi connectivity index (χ4n) is 3.55. The number of rotatable bonds is 7. The van der Waals surface area contributed by atoms with Gasteiger partial charge < -0.3 is 19.8 Å². The van der Waals surface area contributed by atoms with E-state index in [2.05, 4.69) is 10.6 Å². The van der Waals surface area contributed by atoms with Crippen LogP contribution in [0.25, 0.3) is 11.0 Å². The maximum absolute atomic E-state index is 12.7. The molecule has 4 rings (SSSR count). The standard InChI is InChI=1S/C26H24N2O4/c1-17(19-9-6-10-21(13-19)28-26(30)18-7-4-3-5-8-18)27-25(29)14-20-16-32-24-15-22(31-2)11-12-23(20)24/h3-13,15-17H,14H2,1-2H3,(H,27,29)(H,28,30)/t17-/m0/s1. The summed E-state index contributed by atoms with van der Waals surface area (Å²) in [5.74, 6) is 0.411. The van der Waals surface area contributed by atoms with Crippen molar-refractivity contribution in [2.75, 3.05) is 12.4 Å². The van der Waals surface area contributed by atoms with Crippen LogP contribution in [0.4, 0.5) is 5.69 Å². The lowest BCUT2D eigenvalue weighted by Crippen LogP contribution is -2.28. The molecule has 0 radical (unpaired) electrons. The van der Waals surface area contributed by atoms with Gasteiger partial charge in [-0.05, 0) is 48.9 Å². The van der Waals surface area contributed by atoms with Gasteiger partial charge in [-0.25, -0.2) is 0 Å². The number of benzene rings is 3. The second kappa shape index (κ2) is 9.39. The first-order valence-corrected chi connectivity index (χ1v) is 10.3. The van der Waals surface area contributed by atoms with E-state index in [1.54, 1.807) is 31.6 Å². The molecule has 162 valence electrons. The zero-order valence-electron chi connectivity index (χ0n) is 17.9. The zero-order chi connectivity index (χ0) is 22.5. The Morgan fingerprint density at radius 1 is 1.00 bits per heavy atom. The number of furan rings is 1. The van der Waals surface area contributed by atoms with Gasteiger partial charge in [0.25, 0.3) is 5.91 Å². The quantitative estimate of drug-likeness (QED) is 0.428. The second-order valence-electron chi connectivity index (χ2n) is 7.53. The first kappa shape index (κ1) is 21.2. The third-order valence-electron chi connectivity index (χ3n) is 5.27. The van der Waals surface area contributed by atoms with Crippen molar-refractivity contribution < 1.29 is 18.7 Å². The van der Waals surface area contributed by atoms with Crippen LogP contribution >= 0.6 is 0 Å². The molecular formula is C26H24N2O4. The zero-order valence-corrected chi connectivity index (χ0v) is 17.9. The van der Waals surface area contributed by atoms with E-state index in [1.165, 1.54) is 0 Å². The Bertz CT molecular complexity index is 1250. The predicted octanol–water partition coefficient (Wildman–Crippen LogP) is 5.11. The summed E-state index contributed by atoms with van der Waals surface area (Å²) in [5.41, 5.74) is 3.65. The number of anilines is 1. The molecule has 3 aromatic carbocycles. The Labute approximate surface area is 186 Å². The van der Waals surface area contributed by atoms with Gasteiger partial charge in [-0.15, -0.1) is 0 Å². The van der Waals surface area contributed by atoms with Gasteiger partial charge in [0.15, 0.2) is 0 Å². The number of fused-ring (bicyclic) bond motifs is 1. The molecule has 0 bridgehead atoms. The Balaban J connectivity index is 1.40. The van der Waals surface area contributed by atoms with Crippen LogP contribution < -0.4 is 15.4 Å². The summed E-state index contributed by atoms with van der Waals surface area (Å²) >= 11 is 0. The topological polar surface area (TPSA) is 80.6 Å². The molecule has 1 aromatic heterocycles. The van der Waals surface area contributed by atoms with Gasteiger partial charge in [0.1, 0.15) is 11.3 Å². The van der Waals surface area contributed by atoms with E-state index in [1.807, 2.05) is 61.5 Å². The van der Waals surface area contributed by atoms with Gasteiger partial charge in [-0.3, -0.25) is 9.59 Å². The highest BCUT2D eigenvalue weighted by atomic mass is 16.5. The molecule has 2 amide bonds. The molecule has 0 unspecified atom stereocenters. The van der Waals surface area contributed by atoms with Crippen molar-refractivity contribution in [3.63, 3.8) is 0 Å². The number of ether oxygens (including phenoxy) is 1. The first-order chi connectivity index (χ1) is 15.5. The summed E-state index contributed by atoms with van der Waals surface area (Å²) in [4.78, 5) is 25.1. The number of amides is 2. The molecule has 0 aliphatic carbocycles. The van der Waals surface area contributed by atoms with Crippen LogP contribution in [0.15, 0.2) is 83.5 Å². The summed E-state index contributed by atoms with van der Waals surface area (Å²) in [6.07, 6.45) is 1.81. The van der Waals surface area contributed by atoms with Crippen LogP contribution in [0.1, 0.15) is 34.5 Å². The average Bonchev–Trinajstić information content (AvgIpc) is 3.21. The highest BCUT2D eigenvalue weighted by molar-refractivity contribution is 6.04. The molecule has 0 saturated heterocycles. The van der Waals surface area contributed by atoms with Crippen molar-refractivity contribution in [2.24, 2.45) is 0 Å². The SMILES string of the molecule is COc1ccc2c(CC(=O)N[C@@H](C)c3cccc(NC(=O)c4ccccc4)c3)coc2c1. The molecule has 0 saturated carbocycles. The van der Waals surface area contributed by atoms with Gasteiger partial charge in [0.05, 0.1) is 25.8 Å². The summed E-state index contributed by atoms with van der Waals surface area (Å²) in [6.45, 7) is 1.91. The lowest BCUT2D eigenvalue weighted by molar-refractivity contribution is -0.121. The number of methoxy groups -OCH3 is 1. The van der Waals surface area contributed by atoms with Gasteiger partial charge in [-0.2, -0.15) is 0 Å². The summed E-state index contributed by atoms with van der Waals surface area (Å²) < 4.78 is 10.8. The minimum Gasteiger partial charge on any atom is -0.497 e. The van der Waals surface area contributed by atoms with Gasteiger partial charge in [0.2, 0.25) is 5.91 Å². The molecule has 1 heterocycles. The van der Waals surface area contributed by atoms with Crippen LogP contribution in [0, 0.1) is 0 Å². The van der Waals surface area contributed by atoms with E-state index in [0.717, 1.165) is 16.5 Å². The van der Waals surface area contributed by atoms with E-state index >= 15 is 0 Å². The molecule has 0 aliphatic heterocycles. The van der Waals surface area contributed by atoms with Crippen LogP contribution in [-0.4, -0.2) is 18.9 Å². The lowest BCUT2D eigenvalue weighted by Gasteiger charge is -2.15. The number of nitrogens with one attached hydrogen (secondary N) is 2. The molecule has 0 spiro atoms. The number of hydrogen-bond acceptors (Lipinski definition) is 4. The Morgan fingerprint density at radius 3 is 2.59 bits per heavy atom. The molecule has 0 aliphatic rings. The van der Waals surface area contributed by atoms with Crippen LogP contribution in [0.5, 0.6) is 5.75 Å². The highest BCUT2D eigenvalue weighted by Crippen LogP contribution is 2.26. The maximum atomic E-state index is 12.7. The van der Waals surface area contributed by atoms with Crippen molar-refractivity contribution in [2.45, 2.75) is 19.4 Å². The normalized spacial score (nSPS) is 11.7. The Kier molecular flexibility index (Phi) is 6.22. The van der Waals surface area contributed by atoms with Gasteiger partial charge in [-0.1, -0.05) is 30.3 Å². The molecular weight excluding hydrogens is 404 g/mol. The number of hydrogen-bond donors (Lipinski definition) is 2. The van der Waals surface area contributed by atoms with Crippen LogP contribution in [0.3, 0.4) is 0 Å². The van der Waals surface area contributed by atoms with Crippen molar-refractivity contribution >= 4 is 28.5 Å². The molecule has 1 atom stereocenters. The largest absolute Gasteiger partial charge is 0.497 e. The van der Waals surface area contributed by atoms with Crippen molar-refractivity contribution in [1.82, 2.24) is 5.32 Å². The molecule has 6 nitrogen and oxygen atoms in total. The monoisotopic (exact) mass is 428 g/mol. The molecule has 0 fully saturated rings. The third kappa shape index (κ3) is 4.81. The smallest absolute Gasteiger partial charge is 0.255 e. The van der Waals surface area contributed by atoms with E-state index in [4.69, 9.17) is 9.15 Å². The molecule has 32 heavy (non-hydrogen) atoms. The first-order valence-electron chi connectivity index (χ1n) is 10.3. The number of carbonyl (C=O) groups excluding carboxylic acids is 2. The highest BCUT2D eigenvalue weighted by Gasteiger charge is 2.15. The van der Waals surface area contributed by atoms with Gasteiger partial charge in [0, 0.05) is 28.3 Å². The number of carbonyl (C=O) groups is 2.